The smallest absolute Gasteiger partial charge is 0.120 e. The van der Waals surface area contributed by atoms with Crippen molar-refractivity contribution in [2.24, 2.45) is 21.8 Å². The van der Waals surface area contributed by atoms with E-state index in [1.165, 1.54) is 70.4 Å². The molecule has 1 fully saturated rings. The summed E-state index contributed by atoms with van der Waals surface area (Å²) in [6.07, 6.45) is 9.32. The van der Waals surface area contributed by atoms with Gasteiger partial charge in [-0.15, -0.1) is 0 Å². The second-order valence-corrected chi connectivity index (χ2v) is 11.1. The molecule has 1 saturated carbocycles. The maximum atomic E-state index is 5.49. The molecule has 4 heterocycles. The van der Waals surface area contributed by atoms with E-state index in [0.29, 0.717) is 5.92 Å². The molecule has 4 aromatic rings. The Balaban J connectivity index is 1.21. The van der Waals surface area contributed by atoms with Gasteiger partial charge in [0.05, 0.1) is 37.0 Å². The summed E-state index contributed by atoms with van der Waals surface area (Å²) in [6.45, 7) is 1.74. The van der Waals surface area contributed by atoms with E-state index in [1.807, 2.05) is 0 Å². The van der Waals surface area contributed by atoms with E-state index in [2.05, 4.69) is 46.4 Å². The normalized spacial score (nSPS) is 17.6. The maximum absolute atomic E-state index is 5.49. The molecule has 2 aromatic heterocycles. The van der Waals surface area contributed by atoms with Gasteiger partial charge in [0.25, 0.3) is 0 Å². The molecule has 0 spiro atoms. The highest BCUT2D eigenvalue weighted by molar-refractivity contribution is 6.08. The van der Waals surface area contributed by atoms with E-state index in [-0.39, 0.29) is 0 Å². The van der Waals surface area contributed by atoms with Gasteiger partial charge in [-0.25, -0.2) is 0 Å². The van der Waals surface area contributed by atoms with Crippen LogP contribution in [0.2, 0.25) is 0 Å². The summed E-state index contributed by atoms with van der Waals surface area (Å²) in [4.78, 5) is 17.7. The van der Waals surface area contributed by atoms with E-state index < -0.39 is 0 Å². The Hall–Kier alpha value is -3.54. The summed E-state index contributed by atoms with van der Waals surface area (Å²) >= 11 is 0. The largest absolute Gasteiger partial charge is 0.497 e. The summed E-state index contributed by atoms with van der Waals surface area (Å²) < 4.78 is 11.0. The average Bonchev–Trinajstić information content (AvgIpc) is 3.70. The molecule has 0 atom stereocenters. The van der Waals surface area contributed by atoms with Crippen molar-refractivity contribution in [2.45, 2.75) is 51.4 Å². The van der Waals surface area contributed by atoms with Gasteiger partial charge in [0.15, 0.2) is 0 Å². The SMILES string of the molecule is COc1ccc2c3c([nH]c2c1)C(CC(CC1=NCCc2c1[nH]c1cc(OC)ccc21)C1CCCC1)=NCC3. The summed E-state index contributed by atoms with van der Waals surface area (Å²) in [5.41, 5.74) is 10.1. The summed E-state index contributed by atoms with van der Waals surface area (Å²) in [5.74, 6) is 3.04. The van der Waals surface area contributed by atoms with Crippen LogP contribution in [-0.4, -0.2) is 48.7 Å². The highest BCUT2D eigenvalue weighted by Gasteiger charge is 2.32. The van der Waals surface area contributed by atoms with Crippen LogP contribution in [0.1, 0.15) is 61.0 Å². The molecule has 0 unspecified atom stereocenters. The summed E-state index contributed by atoms with van der Waals surface area (Å²) in [7, 11) is 3.46. The molecule has 196 valence electrons. The standard InChI is InChI=1S/C32H36N4O2/c1-37-21-7-9-23-25-11-13-33-29(31(25)35-27(23)17-21)15-20(19-5-3-4-6-19)16-30-32-26(12-14-34-30)24-10-8-22(38-2)18-28(24)36-32/h7-10,17-20,35-36H,3-6,11-16H2,1-2H3. The maximum Gasteiger partial charge on any atom is 0.120 e. The van der Waals surface area contributed by atoms with E-state index in [0.717, 1.165) is 67.2 Å². The van der Waals surface area contributed by atoms with Gasteiger partial charge in [-0.3, -0.25) is 9.98 Å². The molecule has 6 nitrogen and oxygen atoms in total. The number of rotatable bonds is 7. The molecule has 0 radical (unpaired) electrons. The minimum Gasteiger partial charge on any atom is -0.497 e. The molecule has 2 aliphatic heterocycles. The van der Waals surface area contributed by atoms with Crippen molar-refractivity contribution in [3.63, 3.8) is 0 Å². The van der Waals surface area contributed by atoms with Crippen LogP contribution in [0.5, 0.6) is 11.5 Å². The fraction of sp³-hybridized carbons (Fsp3) is 0.438. The van der Waals surface area contributed by atoms with Crippen molar-refractivity contribution < 1.29 is 9.47 Å². The lowest BCUT2D eigenvalue weighted by Gasteiger charge is -2.27. The quantitative estimate of drug-likeness (QED) is 0.293. The molecule has 0 saturated heterocycles. The fourth-order valence-electron chi connectivity index (χ4n) is 7.16. The Morgan fingerprint density at radius 1 is 0.763 bits per heavy atom. The molecular formula is C32H36N4O2. The number of benzene rings is 2. The highest BCUT2D eigenvalue weighted by Crippen LogP contribution is 2.39. The second-order valence-electron chi connectivity index (χ2n) is 11.1. The van der Waals surface area contributed by atoms with Crippen molar-refractivity contribution in [3.8, 4) is 11.5 Å². The Morgan fingerprint density at radius 3 is 1.74 bits per heavy atom. The number of aromatic nitrogens is 2. The van der Waals surface area contributed by atoms with Crippen LogP contribution < -0.4 is 9.47 Å². The molecule has 1 aliphatic carbocycles. The number of hydrogen-bond donors (Lipinski definition) is 2. The van der Waals surface area contributed by atoms with Gasteiger partial charge in [-0.05, 0) is 72.9 Å². The van der Waals surface area contributed by atoms with Crippen LogP contribution >= 0.6 is 0 Å². The van der Waals surface area contributed by atoms with Crippen molar-refractivity contribution in [3.05, 3.63) is 58.9 Å². The topological polar surface area (TPSA) is 74.8 Å². The average molecular weight is 509 g/mol. The van der Waals surface area contributed by atoms with Gasteiger partial charge in [0, 0.05) is 47.0 Å². The molecule has 3 aliphatic rings. The number of hydrogen-bond acceptors (Lipinski definition) is 4. The fourth-order valence-corrected chi connectivity index (χ4v) is 7.16. The minimum atomic E-state index is 0.536. The van der Waals surface area contributed by atoms with Crippen LogP contribution in [0.25, 0.3) is 21.8 Å². The van der Waals surface area contributed by atoms with Gasteiger partial charge in [-0.1, -0.05) is 25.7 Å². The zero-order valence-electron chi connectivity index (χ0n) is 22.4. The van der Waals surface area contributed by atoms with Crippen molar-refractivity contribution in [1.29, 1.82) is 0 Å². The molecule has 0 amide bonds. The molecular weight excluding hydrogens is 472 g/mol. The Labute approximate surface area is 223 Å². The lowest BCUT2D eigenvalue weighted by Crippen LogP contribution is -2.25. The van der Waals surface area contributed by atoms with E-state index in [1.54, 1.807) is 14.2 Å². The van der Waals surface area contributed by atoms with Crippen molar-refractivity contribution in [1.82, 2.24) is 9.97 Å². The Morgan fingerprint density at radius 2 is 1.26 bits per heavy atom. The lowest BCUT2D eigenvalue weighted by molar-refractivity contribution is 0.358. The first-order chi connectivity index (χ1) is 18.7. The number of aliphatic imine (C=N–C) groups is 2. The van der Waals surface area contributed by atoms with E-state index >= 15 is 0 Å². The molecule has 6 heteroatoms. The predicted octanol–water partition coefficient (Wildman–Crippen LogP) is 6.64. The number of methoxy groups -OCH3 is 2. The third-order valence-corrected chi connectivity index (χ3v) is 9.11. The zero-order chi connectivity index (χ0) is 25.6. The minimum absolute atomic E-state index is 0.536. The number of ether oxygens (including phenoxy) is 2. The third kappa shape index (κ3) is 4.01. The summed E-state index contributed by atoms with van der Waals surface area (Å²) in [5, 5.41) is 2.61. The number of nitrogens with zero attached hydrogens (tertiary/aromatic N) is 2. The van der Waals surface area contributed by atoms with Crippen LogP contribution in [0.3, 0.4) is 0 Å². The van der Waals surface area contributed by atoms with Crippen LogP contribution in [0, 0.1) is 11.8 Å². The van der Waals surface area contributed by atoms with Gasteiger partial charge >= 0.3 is 0 Å². The Bertz CT molecular complexity index is 1460. The number of aromatic amines is 2. The lowest BCUT2D eigenvalue weighted by atomic mass is 9.80. The van der Waals surface area contributed by atoms with Crippen LogP contribution in [0.15, 0.2) is 46.4 Å². The number of H-pyrrole nitrogens is 2. The number of fused-ring (bicyclic) bond motifs is 6. The van der Waals surface area contributed by atoms with Gasteiger partial charge in [0.2, 0.25) is 0 Å². The molecule has 2 aromatic carbocycles. The first-order valence-electron chi connectivity index (χ1n) is 14.2. The number of nitrogens with one attached hydrogen (secondary N) is 2. The third-order valence-electron chi connectivity index (χ3n) is 9.11. The molecule has 7 rings (SSSR count). The van der Waals surface area contributed by atoms with E-state index in [4.69, 9.17) is 19.5 Å². The monoisotopic (exact) mass is 508 g/mol. The van der Waals surface area contributed by atoms with Crippen LogP contribution in [-0.2, 0) is 12.8 Å². The van der Waals surface area contributed by atoms with Crippen molar-refractivity contribution in [2.75, 3.05) is 27.3 Å². The molecule has 2 N–H and O–H groups in total. The van der Waals surface area contributed by atoms with E-state index in [9.17, 15) is 0 Å². The van der Waals surface area contributed by atoms with Crippen LogP contribution in [0.4, 0.5) is 0 Å². The van der Waals surface area contributed by atoms with Gasteiger partial charge in [0.1, 0.15) is 11.5 Å². The molecule has 0 bridgehead atoms. The second kappa shape index (κ2) is 9.64. The first kappa shape index (κ1) is 23.6. The Kier molecular flexibility index (Phi) is 5.98. The molecule has 38 heavy (non-hydrogen) atoms. The highest BCUT2D eigenvalue weighted by atomic mass is 16.5. The van der Waals surface area contributed by atoms with Gasteiger partial charge < -0.3 is 19.4 Å². The predicted molar refractivity (Wildman–Crippen MR) is 155 cm³/mol. The first-order valence-corrected chi connectivity index (χ1v) is 14.2. The zero-order valence-corrected chi connectivity index (χ0v) is 22.4. The van der Waals surface area contributed by atoms with Gasteiger partial charge in [-0.2, -0.15) is 0 Å². The summed E-state index contributed by atoms with van der Waals surface area (Å²) in [6, 6.07) is 12.8. The van der Waals surface area contributed by atoms with Crippen molar-refractivity contribution >= 4 is 33.2 Å².